The number of carbonyl (C=O) groups excluding carboxylic acids is 2. The van der Waals surface area contributed by atoms with Crippen molar-refractivity contribution in [2.75, 3.05) is 42.4 Å². The van der Waals surface area contributed by atoms with E-state index in [2.05, 4.69) is 30.1 Å². The van der Waals surface area contributed by atoms with Crippen LogP contribution in [0.4, 0.5) is 26.7 Å². The average molecular weight is 601 g/mol. The summed E-state index contributed by atoms with van der Waals surface area (Å²) < 4.78 is 34.7. The van der Waals surface area contributed by atoms with Gasteiger partial charge in [0.05, 0.1) is 32.3 Å². The van der Waals surface area contributed by atoms with Crippen LogP contribution in [0.25, 0.3) is 0 Å². The summed E-state index contributed by atoms with van der Waals surface area (Å²) >= 11 is 0. The summed E-state index contributed by atoms with van der Waals surface area (Å²) in [6.07, 6.45) is -0.522. The Hall–Kier alpha value is -4.33. The molecule has 12 nitrogen and oxygen atoms in total. The average Bonchev–Trinajstić information content (AvgIpc) is 2.96. The van der Waals surface area contributed by atoms with Crippen LogP contribution in [0, 0.1) is 0 Å². The predicted molar refractivity (Wildman–Crippen MR) is 160 cm³/mol. The Bertz CT molecular complexity index is 1400. The molecule has 226 valence electrons. The fraction of sp³-hybridized carbons (Fsp3) is 0.310. The molecule has 1 unspecified atom stereocenters. The van der Waals surface area contributed by atoms with Gasteiger partial charge in [-0.05, 0) is 66.4 Å². The molecule has 3 aromatic carbocycles. The molecule has 0 aromatic heterocycles. The zero-order valence-electron chi connectivity index (χ0n) is 23.7. The van der Waals surface area contributed by atoms with Gasteiger partial charge in [-0.3, -0.25) is 15.4 Å². The number of rotatable bonds is 12. The van der Waals surface area contributed by atoms with Gasteiger partial charge in [-0.15, -0.1) is 0 Å². The third-order valence-electron chi connectivity index (χ3n) is 6.44. The van der Waals surface area contributed by atoms with Gasteiger partial charge in [-0.1, -0.05) is 30.3 Å². The van der Waals surface area contributed by atoms with Gasteiger partial charge in [0, 0.05) is 29.9 Å². The smallest absolute Gasteiger partial charge is 0.411 e. The minimum atomic E-state index is -3.62. The molecule has 0 aliphatic heterocycles. The molecule has 2 amide bonds. The van der Waals surface area contributed by atoms with Gasteiger partial charge in [-0.25, -0.2) is 18.0 Å². The topological polar surface area (TPSA) is 175 Å². The number of hydrogen-bond donors (Lipinski definition) is 6. The van der Waals surface area contributed by atoms with E-state index in [9.17, 15) is 28.2 Å². The number of ether oxygens (including phenoxy) is 2. The Morgan fingerprint density at radius 1 is 0.833 bits per heavy atom. The van der Waals surface area contributed by atoms with Gasteiger partial charge in [0.25, 0.3) is 0 Å². The molecule has 3 rings (SSSR count). The Morgan fingerprint density at radius 3 is 1.76 bits per heavy atom. The highest BCUT2D eigenvalue weighted by molar-refractivity contribution is 7.92. The van der Waals surface area contributed by atoms with Crippen molar-refractivity contribution in [2.45, 2.75) is 31.4 Å². The lowest BCUT2D eigenvalue weighted by Crippen LogP contribution is -2.32. The van der Waals surface area contributed by atoms with E-state index in [1.807, 2.05) is 31.2 Å². The number of aliphatic hydroxyl groups is 1. The molecule has 0 bridgehead atoms. The lowest BCUT2D eigenvalue weighted by atomic mass is 9.86. The van der Waals surface area contributed by atoms with Crippen molar-refractivity contribution in [1.82, 2.24) is 5.32 Å². The van der Waals surface area contributed by atoms with Crippen molar-refractivity contribution in [3.63, 3.8) is 0 Å². The Balaban J connectivity index is 1.76. The third-order valence-corrected chi connectivity index (χ3v) is 7.03. The summed E-state index contributed by atoms with van der Waals surface area (Å²) in [6, 6.07) is 18.9. The number of hydrogen-bond acceptors (Lipinski definition) is 9. The zero-order chi connectivity index (χ0) is 30.9. The number of sulfonamides is 1. The van der Waals surface area contributed by atoms with E-state index in [1.165, 1.54) is 32.4 Å². The molecule has 0 aliphatic rings. The summed E-state index contributed by atoms with van der Waals surface area (Å²) in [5.41, 5.74) is 3.52. The number of methoxy groups -OCH3 is 2. The van der Waals surface area contributed by atoms with Crippen LogP contribution in [0.3, 0.4) is 0 Å². The lowest BCUT2D eigenvalue weighted by molar-refractivity contribution is 0.169. The number of nitrogens with one attached hydrogen (secondary N) is 4. The molecule has 0 saturated heterocycles. The number of carbonyl (C=O) groups is 2. The SMILES string of the molecule is COC(=O)Nc1ccc(C(CC(C)NC[C@H](O)c2ccc(O)c(NS(C)(=O)=O)c2)c2ccc(NC(=O)OC)cc2)cc1. The van der Waals surface area contributed by atoms with Gasteiger partial charge in [-0.2, -0.15) is 0 Å². The molecule has 0 heterocycles. The number of phenols is 1. The van der Waals surface area contributed by atoms with Crippen molar-refractivity contribution >= 4 is 39.3 Å². The zero-order valence-corrected chi connectivity index (χ0v) is 24.6. The van der Waals surface area contributed by atoms with Crippen LogP contribution < -0.4 is 20.7 Å². The van der Waals surface area contributed by atoms with Gasteiger partial charge in [0.15, 0.2) is 0 Å². The number of amides is 2. The molecule has 6 N–H and O–H groups in total. The molecule has 0 aliphatic carbocycles. The lowest BCUT2D eigenvalue weighted by Gasteiger charge is -2.25. The summed E-state index contributed by atoms with van der Waals surface area (Å²) in [5, 5.41) is 29.4. The van der Waals surface area contributed by atoms with E-state index in [4.69, 9.17) is 0 Å². The maximum absolute atomic E-state index is 11.6. The Labute approximate surface area is 245 Å². The molecule has 0 radical (unpaired) electrons. The monoisotopic (exact) mass is 600 g/mol. The van der Waals surface area contributed by atoms with Crippen LogP contribution in [0.2, 0.25) is 0 Å². The van der Waals surface area contributed by atoms with Gasteiger partial charge in [0.2, 0.25) is 10.0 Å². The second kappa shape index (κ2) is 14.5. The van der Waals surface area contributed by atoms with E-state index >= 15 is 0 Å². The van der Waals surface area contributed by atoms with E-state index in [0.717, 1.165) is 17.4 Å². The van der Waals surface area contributed by atoms with Crippen LogP contribution in [-0.4, -0.2) is 63.9 Å². The van der Waals surface area contributed by atoms with Crippen LogP contribution in [0.5, 0.6) is 5.75 Å². The molecule has 2 atom stereocenters. The van der Waals surface area contributed by atoms with Crippen LogP contribution in [0.1, 0.15) is 42.1 Å². The molecular weight excluding hydrogens is 564 g/mol. The first-order valence-corrected chi connectivity index (χ1v) is 14.9. The maximum atomic E-state index is 11.6. The minimum absolute atomic E-state index is 0.0163. The quantitative estimate of drug-likeness (QED) is 0.165. The largest absolute Gasteiger partial charge is 0.506 e. The van der Waals surface area contributed by atoms with Crippen molar-refractivity contribution in [3.8, 4) is 5.75 Å². The first-order valence-electron chi connectivity index (χ1n) is 13.0. The molecule has 0 saturated carbocycles. The second-order valence-corrected chi connectivity index (χ2v) is 11.5. The van der Waals surface area contributed by atoms with Crippen molar-refractivity contribution in [3.05, 3.63) is 83.4 Å². The first-order chi connectivity index (χ1) is 19.9. The van der Waals surface area contributed by atoms with E-state index < -0.39 is 28.3 Å². The van der Waals surface area contributed by atoms with Crippen molar-refractivity contribution in [1.29, 1.82) is 0 Å². The fourth-order valence-electron chi connectivity index (χ4n) is 4.31. The maximum Gasteiger partial charge on any atom is 0.411 e. The number of benzene rings is 3. The molecule has 3 aromatic rings. The van der Waals surface area contributed by atoms with E-state index in [-0.39, 0.29) is 29.9 Å². The van der Waals surface area contributed by atoms with Gasteiger partial charge in [0.1, 0.15) is 5.75 Å². The van der Waals surface area contributed by atoms with Crippen molar-refractivity contribution in [2.24, 2.45) is 0 Å². The van der Waals surface area contributed by atoms with Crippen molar-refractivity contribution < 1.29 is 37.7 Å². The summed E-state index contributed by atoms with van der Waals surface area (Å²) in [4.78, 5) is 23.2. The summed E-state index contributed by atoms with van der Waals surface area (Å²) in [7, 11) is -1.04. The second-order valence-electron chi connectivity index (χ2n) is 9.74. The van der Waals surface area contributed by atoms with Crippen LogP contribution in [-0.2, 0) is 19.5 Å². The standard InChI is InChI=1S/C29H36N4O8S/c1-18(30-17-27(35)21-9-14-26(34)25(16-21)33-42(4,38)39)15-24(19-5-10-22(11-6-19)31-28(36)40-2)20-7-12-23(13-8-20)32-29(37)41-3/h5-14,16,18,24,27,30,33-35H,15,17H2,1-4H3,(H,31,36)(H,32,37)/t18?,27-/m0/s1. The highest BCUT2D eigenvalue weighted by Crippen LogP contribution is 2.32. The Morgan fingerprint density at radius 2 is 1.31 bits per heavy atom. The highest BCUT2D eigenvalue weighted by Gasteiger charge is 2.20. The molecule has 13 heteroatoms. The highest BCUT2D eigenvalue weighted by atomic mass is 32.2. The first kappa shape index (κ1) is 32.2. The Kier molecular flexibility index (Phi) is 11.1. The predicted octanol–water partition coefficient (Wildman–Crippen LogP) is 4.35. The third kappa shape index (κ3) is 9.65. The van der Waals surface area contributed by atoms with Gasteiger partial charge < -0.3 is 25.0 Å². The number of aromatic hydroxyl groups is 1. The van der Waals surface area contributed by atoms with E-state index in [0.29, 0.717) is 23.4 Å². The van der Waals surface area contributed by atoms with Crippen LogP contribution >= 0.6 is 0 Å². The number of phenolic OH excluding ortho intramolecular Hbond substituents is 1. The van der Waals surface area contributed by atoms with Crippen LogP contribution in [0.15, 0.2) is 66.7 Å². The minimum Gasteiger partial charge on any atom is -0.506 e. The number of aliphatic hydroxyl groups excluding tert-OH is 1. The summed E-state index contributed by atoms with van der Waals surface area (Å²) in [5.74, 6) is -0.343. The fourth-order valence-corrected chi connectivity index (χ4v) is 4.87. The van der Waals surface area contributed by atoms with Gasteiger partial charge >= 0.3 is 12.2 Å². The molecule has 42 heavy (non-hydrogen) atoms. The molecule has 0 spiro atoms. The molecule has 0 fully saturated rings. The normalized spacial score (nSPS) is 12.7. The van der Waals surface area contributed by atoms with E-state index in [1.54, 1.807) is 24.3 Å². The molecular formula is C29H36N4O8S. The number of anilines is 3. The summed E-state index contributed by atoms with van der Waals surface area (Å²) in [6.45, 7) is 2.15.